The van der Waals surface area contributed by atoms with Crippen LogP contribution in [0.15, 0.2) is 0 Å². The number of hydrogen-bond acceptors (Lipinski definition) is 6. The lowest BCUT2D eigenvalue weighted by molar-refractivity contribution is -0.202. The summed E-state index contributed by atoms with van der Waals surface area (Å²) >= 11 is 1.55. The molecule has 3 N–H and O–H groups in total. The molecule has 1 rings (SSSR count). The second kappa shape index (κ2) is 9.35. The summed E-state index contributed by atoms with van der Waals surface area (Å²) in [5.41, 5.74) is 0.757. The third kappa shape index (κ3) is 4.37. The Balaban J connectivity index is 3.17. The molecule has 7 heteroatoms. The Morgan fingerprint density at radius 2 is 1.50 bits per heavy atom. The molecule has 0 aliphatic carbocycles. The van der Waals surface area contributed by atoms with Crippen molar-refractivity contribution in [2.24, 2.45) is 0 Å². The Kier molecular flexibility index (Phi) is 8.73. The molecule has 0 bridgehead atoms. The van der Waals surface area contributed by atoms with Crippen molar-refractivity contribution in [2.75, 3.05) is 12.4 Å². The maximum absolute atomic E-state index is 10.7. The standard InChI is InChI=1S/C17H36O5SSi/c1-8-23-17-16(15(20)14(19)13(9-18)21-17)22-24(10(2)3,11(4)5)12(6)7/h10-20H,8-9H2,1-7H3/t13?,14-,15?,16?,17-/m0/s1. The monoisotopic (exact) mass is 380 g/mol. The summed E-state index contributed by atoms with van der Waals surface area (Å²) < 4.78 is 12.6. The van der Waals surface area contributed by atoms with E-state index in [2.05, 4.69) is 41.5 Å². The number of hydrogen-bond donors (Lipinski definition) is 3. The lowest BCUT2D eigenvalue weighted by atomic mass is 10.0. The van der Waals surface area contributed by atoms with E-state index in [4.69, 9.17) is 9.16 Å². The molecule has 1 aliphatic rings. The van der Waals surface area contributed by atoms with Crippen molar-refractivity contribution in [1.82, 2.24) is 0 Å². The van der Waals surface area contributed by atoms with Crippen LogP contribution in [0.3, 0.4) is 0 Å². The summed E-state index contributed by atoms with van der Waals surface area (Å²) in [7, 11) is -2.22. The Bertz CT molecular complexity index is 358. The van der Waals surface area contributed by atoms with Gasteiger partial charge in [0.05, 0.1) is 6.61 Å². The second-order valence-corrected chi connectivity index (χ2v) is 14.3. The van der Waals surface area contributed by atoms with Crippen LogP contribution in [0.2, 0.25) is 16.6 Å². The largest absolute Gasteiger partial charge is 0.407 e. The van der Waals surface area contributed by atoms with Crippen molar-refractivity contribution in [3.63, 3.8) is 0 Å². The fourth-order valence-corrected chi connectivity index (χ4v) is 10.7. The molecule has 1 fully saturated rings. The smallest absolute Gasteiger partial charge is 0.201 e. The minimum absolute atomic E-state index is 0.313. The molecule has 1 aliphatic heterocycles. The van der Waals surface area contributed by atoms with Gasteiger partial charge in [-0.05, 0) is 22.4 Å². The second-order valence-electron chi connectivity index (χ2n) is 7.56. The third-order valence-electron chi connectivity index (χ3n) is 5.20. The average Bonchev–Trinajstić information content (AvgIpc) is 2.49. The molecule has 5 nitrogen and oxygen atoms in total. The Hall–Kier alpha value is 0.367. The van der Waals surface area contributed by atoms with Gasteiger partial charge in [0.25, 0.3) is 0 Å². The van der Waals surface area contributed by atoms with Gasteiger partial charge in [0.1, 0.15) is 29.9 Å². The van der Waals surface area contributed by atoms with Gasteiger partial charge >= 0.3 is 0 Å². The van der Waals surface area contributed by atoms with Crippen LogP contribution < -0.4 is 0 Å². The van der Waals surface area contributed by atoms with E-state index in [1.165, 1.54) is 0 Å². The van der Waals surface area contributed by atoms with Gasteiger partial charge < -0.3 is 24.5 Å². The molecule has 0 radical (unpaired) electrons. The van der Waals surface area contributed by atoms with E-state index in [0.717, 1.165) is 5.75 Å². The number of aliphatic hydroxyl groups is 3. The van der Waals surface area contributed by atoms with Gasteiger partial charge in [-0.3, -0.25) is 0 Å². The van der Waals surface area contributed by atoms with Crippen molar-refractivity contribution < 1.29 is 24.5 Å². The van der Waals surface area contributed by atoms with Crippen LogP contribution in [0, 0.1) is 0 Å². The van der Waals surface area contributed by atoms with Crippen molar-refractivity contribution in [1.29, 1.82) is 0 Å². The molecular formula is C17H36O5SSi. The van der Waals surface area contributed by atoms with Crippen LogP contribution in [-0.2, 0) is 9.16 Å². The van der Waals surface area contributed by atoms with Crippen molar-refractivity contribution >= 4 is 20.1 Å². The molecular weight excluding hydrogens is 344 g/mol. The van der Waals surface area contributed by atoms with Gasteiger partial charge in [0, 0.05) is 0 Å². The topological polar surface area (TPSA) is 79.2 Å². The maximum atomic E-state index is 10.7. The number of rotatable bonds is 8. The molecule has 24 heavy (non-hydrogen) atoms. The van der Waals surface area contributed by atoms with Gasteiger partial charge in [0.15, 0.2) is 0 Å². The maximum Gasteiger partial charge on any atom is 0.201 e. The molecule has 3 unspecified atom stereocenters. The van der Waals surface area contributed by atoms with Crippen molar-refractivity contribution in [3.05, 3.63) is 0 Å². The Morgan fingerprint density at radius 3 is 1.88 bits per heavy atom. The quantitative estimate of drug-likeness (QED) is 0.562. The van der Waals surface area contributed by atoms with E-state index < -0.39 is 32.7 Å². The highest BCUT2D eigenvalue weighted by atomic mass is 32.2. The van der Waals surface area contributed by atoms with E-state index in [-0.39, 0.29) is 12.0 Å². The zero-order chi connectivity index (χ0) is 18.7. The first kappa shape index (κ1) is 22.4. The normalized spacial score (nSPS) is 32.1. The molecule has 0 aromatic carbocycles. The Labute approximate surface area is 152 Å². The Morgan fingerprint density at radius 1 is 1.00 bits per heavy atom. The SMILES string of the molecule is CCS[C@@H]1OC(CO)[C@H](O)C(O)C1O[Si](C(C)C)(C(C)C)C(C)C. The molecule has 1 heterocycles. The summed E-state index contributed by atoms with van der Waals surface area (Å²) in [6, 6.07) is 0. The van der Waals surface area contributed by atoms with E-state index in [1.54, 1.807) is 11.8 Å². The first-order valence-corrected chi connectivity index (χ1v) is 12.2. The summed E-state index contributed by atoms with van der Waals surface area (Å²) in [5.74, 6) is 0.811. The molecule has 1 saturated heterocycles. The third-order valence-corrected chi connectivity index (χ3v) is 12.3. The molecule has 5 atom stereocenters. The highest BCUT2D eigenvalue weighted by Crippen LogP contribution is 2.45. The van der Waals surface area contributed by atoms with Gasteiger partial charge in [-0.25, -0.2) is 0 Å². The van der Waals surface area contributed by atoms with E-state index in [0.29, 0.717) is 16.6 Å². The number of aliphatic hydroxyl groups excluding tert-OH is 3. The molecule has 0 aromatic rings. The van der Waals surface area contributed by atoms with Gasteiger partial charge in [-0.15, -0.1) is 11.8 Å². The minimum atomic E-state index is -2.22. The minimum Gasteiger partial charge on any atom is -0.407 e. The highest BCUT2D eigenvalue weighted by Gasteiger charge is 2.52. The van der Waals surface area contributed by atoms with E-state index >= 15 is 0 Å². The predicted octanol–water partition coefficient (Wildman–Crippen LogP) is 2.74. The van der Waals surface area contributed by atoms with E-state index in [9.17, 15) is 15.3 Å². The molecule has 0 aromatic heterocycles. The molecule has 0 spiro atoms. The zero-order valence-corrected chi connectivity index (χ0v) is 17.9. The number of thioether (sulfide) groups is 1. The van der Waals surface area contributed by atoms with Gasteiger partial charge in [-0.2, -0.15) is 0 Å². The lowest BCUT2D eigenvalue weighted by Crippen LogP contribution is -2.63. The summed E-state index contributed by atoms with van der Waals surface area (Å²) in [5, 5.41) is 30.4. The molecule has 0 saturated carbocycles. The van der Waals surface area contributed by atoms with Crippen molar-refractivity contribution in [3.8, 4) is 0 Å². The summed E-state index contributed by atoms with van der Waals surface area (Å²) in [6.07, 6.45) is -3.53. The van der Waals surface area contributed by atoms with E-state index in [1.807, 2.05) is 6.92 Å². The first-order chi connectivity index (χ1) is 11.1. The van der Waals surface area contributed by atoms with Crippen LogP contribution in [-0.4, -0.2) is 65.8 Å². The zero-order valence-electron chi connectivity index (χ0n) is 16.1. The fraction of sp³-hybridized carbons (Fsp3) is 1.00. The number of ether oxygens (including phenoxy) is 1. The molecule has 0 amide bonds. The van der Waals surface area contributed by atoms with Gasteiger partial charge in [-0.1, -0.05) is 48.5 Å². The molecule has 144 valence electrons. The first-order valence-electron chi connectivity index (χ1n) is 9.05. The fourth-order valence-electron chi connectivity index (χ4n) is 4.12. The van der Waals surface area contributed by atoms with Crippen LogP contribution in [0.4, 0.5) is 0 Å². The average molecular weight is 381 g/mol. The predicted molar refractivity (Wildman–Crippen MR) is 102 cm³/mol. The highest BCUT2D eigenvalue weighted by molar-refractivity contribution is 7.99. The summed E-state index contributed by atoms with van der Waals surface area (Å²) in [4.78, 5) is 0. The van der Waals surface area contributed by atoms with Crippen LogP contribution in [0.25, 0.3) is 0 Å². The lowest BCUT2D eigenvalue weighted by Gasteiger charge is -2.50. The summed E-state index contributed by atoms with van der Waals surface area (Å²) in [6.45, 7) is 14.9. The van der Waals surface area contributed by atoms with Crippen LogP contribution in [0.5, 0.6) is 0 Å². The van der Waals surface area contributed by atoms with Crippen LogP contribution >= 0.6 is 11.8 Å². The van der Waals surface area contributed by atoms with Gasteiger partial charge in [0.2, 0.25) is 8.32 Å². The van der Waals surface area contributed by atoms with Crippen LogP contribution in [0.1, 0.15) is 48.5 Å². The van der Waals surface area contributed by atoms with Crippen molar-refractivity contribution in [2.45, 2.75) is 94.9 Å².